The average molecular weight is 429 g/mol. The molecule has 2 aromatic carbocycles. The van der Waals surface area contributed by atoms with Crippen molar-refractivity contribution in [2.75, 3.05) is 18.0 Å². The summed E-state index contributed by atoms with van der Waals surface area (Å²) >= 11 is 0. The largest absolute Gasteiger partial charge is 0.406 e. The molecule has 0 saturated heterocycles. The summed E-state index contributed by atoms with van der Waals surface area (Å²) in [6, 6.07) is 8.13. The fourth-order valence-electron chi connectivity index (χ4n) is 3.44. The highest BCUT2D eigenvalue weighted by Crippen LogP contribution is 2.27. The van der Waals surface area contributed by atoms with Crippen molar-refractivity contribution < 1.29 is 21.6 Å². The zero-order chi connectivity index (χ0) is 22.0. The Morgan fingerprint density at radius 1 is 0.966 bits per heavy atom. The fourth-order valence-corrected chi connectivity index (χ4v) is 5.10. The molecule has 0 bridgehead atoms. The van der Waals surface area contributed by atoms with Crippen molar-refractivity contribution >= 4 is 15.7 Å². The van der Waals surface area contributed by atoms with Gasteiger partial charge in [-0.3, -0.25) is 0 Å². The van der Waals surface area contributed by atoms with Crippen LogP contribution >= 0.6 is 0 Å². The van der Waals surface area contributed by atoms with Gasteiger partial charge in [0, 0.05) is 18.8 Å². The molecule has 1 unspecified atom stereocenters. The minimum Gasteiger partial charge on any atom is -0.370 e. The molecule has 2 rings (SSSR count). The van der Waals surface area contributed by atoms with Crippen LogP contribution in [0.3, 0.4) is 0 Å². The maximum absolute atomic E-state index is 13.8. The van der Waals surface area contributed by atoms with E-state index >= 15 is 0 Å². The number of nitrogens with one attached hydrogen (secondary N) is 1. The molecule has 160 valence electrons. The first-order chi connectivity index (χ1) is 13.3. The maximum Gasteiger partial charge on any atom is 0.406 e. The number of alkyl halides is 3. The molecule has 1 N–H and O–H groups in total. The Kier molecular flexibility index (Phi) is 7.01. The van der Waals surface area contributed by atoms with Crippen LogP contribution in [0, 0.1) is 27.7 Å². The molecule has 0 aromatic heterocycles. The number of hydrogen-bond donors (Lipinski definition) is 1. The highest BCUT2D eigenvalue weighted by Gasteiger charge is 2.43. The Labute approximate surface area is 170 Å². The molecule has 0 amide bonds. The van der Waals surface area contributed by atoms with E-state index in [1.165, 1.54) is 4.90 Å². The summed E-state index contributed by atoms with van der Waals surface area (Å²) in [6.45, 7) is 8.38. The van der Waals surface area contributed by atoms with Crippen molar-refractivity contribution in [3.63, 3.8) is 0 Å². The summed E-state index contributed by atoms with van der Waals surface area (Å²) in [4.78, 5) is 1.41. The normalized spacial score (nSPS) is 13.4. The van der Waals surface area contributed by atoms with Gasteiger partial charge in [-0.15, -0.1) is 0 Å². The Morgan fingerprint density at radius 3 is 1.93 bits per heavy atom. The third-order valence-electron chi connectivity index (χ3n) is 4.75. The first-order valence-electron chi connectivity index (χ1n) is 9.33. The van der Waals surface area contributed by atoms with E-state index in [0.29, 0.717) is 23.4 Å². The number of benzene rings is 2. The van der Waals surface area contributed by atoms with Crippen LogP contribution in [0.15, 0.2) is 41.3 Å². The van der Waals surface area contributed by atoms with Crippen LogP contribution < -0.4 is 9.62 Å². The van der Waals surface area contributed by atoms with E-state index in [4.69, 9.17) is 0 Å². The van der Waals surface area contributed by atoms with Crippen LogP contribution in [0.5, 0.6) is 0 Å². The molecular weight excluding hydrogens is 401 g/mol. The number of nitrogens with zero attached hydrogens (tertiary/aromatic N) is 1. The van der Waals surface area contributed by atoms with Gasteiger partial charge in [0.15, 0.2) is 0 Å². The van der Waals surface area contributed by atoms with Gasteiger partial charge < -0.3 is 4.90 Å². The van der Waals surface area contributed by atoms with Gasteiger partial charge in [-0.1, -0.05) is 35.4 Å². The number of sulfonamides is 1. The third kappa shape index (κ3) is 5.73. The number of halogens is 3. The Hall–Kier alpha value is -2.06. The van der Waals surface area contributed by atoms with Crippen LogP contribution in [0.4, 0.5) is 18.9 Å². The predicted octanol–water partition coefficient (Wildman–Crippen LogP) is 4.66. The predicted molar refractivity (Wildman–Crippen MR) is 110 cm³/mol. The van der Waals surface area contributed by atoms with Gasteiger partial charge in [0.1, 0.15) is 6.04 Å². The molecule has 2 aromatic rings. The van der Waals surface area contributed by atoms with Gasteiger partial charge in [-0.05, 0) is 57.9 Å². The maximum atomic E-state index is 13.8. The van der Waals surface area contributed by atoms with Gasteiger partial charge in [-0.2, -0.15) is 17.9 Å². The minimum atomic E-state index is -4.74. The molecular formula is C21H27F3N2O2S. The Morgan fingerprint density at radius 2 is 1.48 bits per heavy atom. The highest BCUT2D eigenvalue weighted by atomic mass is 32.2. The van der Waals surface area contributed by atoms with E-state index in [2.05, 4.69) is 0 Å². The lowest BCUT2D eigenvalue weighted by Gasteiger charge is -2.30. The first-order valence-corrected chi connectivity index (χ1v) is 10.8. The smallest absolute Gasteiger partial charge is 0.370 e. The topological polar surface area (TPSA) is 49.4 Å². The summed E-state index contributed by atoms with van der Waals surface area (Å²) in [5.41, 5.74) is 3.28. The van der Waals surface area contributed by atoms with Crippen molar-refractivity contribution in [1.82, 2.24) is 4.72 Å². The quantitative estimate of drug-likeness (QED) is 0.698. The molecule has 0 aliphatic heterocycles. The van der Waals surface area contributed by atoms with Crippen molar-refractivity contribution in [2.45, 2.75) is 51.7 Å². The van der Waals surface area contributed by atoms with Crippen LogP contribution in [-0.4, -0.2) is 33.7 Å². The van der Waals surface area contributed by atoms with Crippen LogP contribution in [-0.2, 0) is 10.0 Å². The molecule has 29 heavy (non-hydrogen) atoms. The summed E-state index contributed by atoms with van der Waals surface area (Å²) in [6.07, 6.45) is -4.74. The zero-order valence-electron chi connectivity index (χ0n) is 17.3. The van der Waals surface area contributed by atoms with Crippen LogP contribution in [0.2, 0.25) is 0 Å². The Balaban J connectivity index is 2.37. The van der Waals surface area contributed by atoms with Gasteiger partial charge in [-0.25, -0.2) is 8.42 Å². The molecule has 1 atom stereocenters. The van der Waals surface area contributed by atoms with E-state index in [-0.39, 0.29) is 4.90 Å². The van der Waals surface area contributed by atoms with Crippen molar-refractivity contribution in [3.05, 3.63) is 58.7 Å². The van der Waals surface area contributed by atoms with Gasteiger partial charge in [0.25, 0.3) is 0 Å². The SMILES string of the molecule is CCN(CC(NS(=O)(=O)c1c(C)cc(C)cc1C)C(F)(F)F)c1ccc(C)cc1. The average Bonchev–Trinajstić information content (AvgIpc) is 2.57. The summed E-state index contributed by atoms with van der Waals surface area (Å²) in [5, 5.41) is 0. The standard InChI is InChI=1S/C21H27F3N2O2S/c1-6-26(18-9-7-14(2)8-10-18)13-19(21(22,23)24)25-29(27,28)20-16(4)11-15(3)12-17(20)5/h7-12,19,25H,6,13H2,1-5H3. The van der Waals surface area contributed by atoms with E-state index < -0.39 is 28.8 Å². The van der Waals surface area contributed by atoms with Crippen molar-refractivity contribution in [1.29, 1.82) is 0 Å². The zero-order valence-corrected chi connectivity index (χ0v) is 18.1. The highest BCUT2D eigenvalue weighted by molar-refractivity contribution is 7.89. The molecule has 0 heterocycles. The molecule has 0 spiro atoms. The molecule has 0 radical (unpaired) electrons. The monoisotopic (exact) mass is 428 g/mol. The number of hydrogen-bond acceptors (Lipinski definition) is 3. The number of aryl methyl sites for hydroxylation is 4. The number of rotatable bonds is 7. The second-order valence-corrected chi connectivity index (χ2v) is 8.97. The summed E-state index contributed by atoms with van der Waals surface area (Å²) < 4.78 is 68.9. The van der Waals surface area contributed by atoms with E-state index in [1.54, 1.807) is 45.0 Å². The molecule has 0 aliphatic carbocycles. The summed E-state index contributed by atoms with van der Waals surface area (Å²) in [5.74, 6) is 0. The molecule has 0 saturated carbocycles. The summed E-state index contributed by atoms with van der Waals surface area (Å²) in [7, 11) is -4.36. The number of anilines is 1. The molecule has 4 nitrogen and oxygen atoms in total. The molecule has 0 fully saturated rings. The van der Waals surface area contributed by atoms with Crippen LogP contribution in [0.25, 0.3) is 0 Å². The fraction of sp³-hybridized carbons (Fsp3) is 0.429. The molecule has 8 heteroatoms. The van der Waals surface area contributed by atoms with Crippen molar-refractivity contribution in [2.24, 2.45) is 0 Å². The van der Waals surface area contributed by atoms with Gasteiger partial charge >= 0.3 is 6.18 Å². The van der Waals surface area contributed by atoms with Gasteiger partial charge in [0.2, 0.25) is 10.0 Å². The third-order valence-corrected chi connectivity index (χ3v) is 6.53. The van der Waals surface area contributed by atoms with E-state index in [9.17, 15) is 21.6 Å². The number of likely N-dealkylation sites (N-methyl/N-ethyl adjacent to an activating group) is 1. The lowest BCUT2D eigenvalue weighted by molar-refractivity contribution is -0.149. The molecule has 0 aliphatic rings. The van der Waals surface area contributed by atoms with E-state index in [1.807, 2.05) is 30.7 Å². The first kappa shape index (κ1) is 23.2. The lowest BCUT2D eigenvalue weighted by atomic mass is 10.1. The van der Waals surface area contributed by atoms with Crippen LogP contribution in [0.1, 0.15) is 29.2 Å². The van der Waals surface area contributed by atoms with Crippen molar-refractivity contribution in [3.8, 4) is 0 Å². The van der Waals surface area contributed by atoms with E-state index in [0.717, 1.165) is 11.1 Å². The second-order valence-electron chi connectivity index (χ2n) is 7.32. The minimum absolute atomic E-state index is 0.101. The second kappa shape index (κ2) is 8.75. The lowest BCUT2D eigenvalue weighted by Crippen LogP contribution is -2.52. The Bertz CT molecular complexity index is 932. The van der Waals surface area contributed by atoms with Gasteiger partial charge in [0.05, 0.1) is 4.90 Å².